The zero-order valence-corrected chi connectivity index (χ0v) is 10.1. The molecule has 4 heteroatoms. The maximum Gasteiger partial charge on any atom is 0.120 e. The number of likely N-dealkylation sites (N-methyl/N-ethyl adjacent to an activating group) is 1. The van der Waals surface area contributed by atoms with Crippen LogP contribution in [0, 0.1) is 6.92 Å². The zero-order valence-electron chi connectivity index (χ0n) is 10.1. The van der Waals surface area contributed by atoms with Gasteiger partial charge in [0.05, 0.1) is 6.04 Å². The van der Waals surface area contributed by atoms with Crippen LogP contribution in [0.4, 0.5) is 0 Å². The fourth-order valence-corrected chi connectivity index (χ4v) is 2.19. The van der Waals surface area contributed by atoms with Crippen molar-refractivity contribution in [2.75, 3.05) is 26.7 Å². The lowest BCUT2D eigenvalue weighted by Gasteiger charge is -2.34. The Morgan fingerprint density at radius 3 is 3.06 bits per heavy atom. The highest BCUT2D eigenvalue weighted by Gasteiger charge is 2.22. The summed E-state index contributed by atoms with van der Waals surface area (Å²) in [6, 6.07) is 4.46. The molecule has 2 rings (SSSR count). The molecule has 1 aliphatic heterocycles. The predicted octanol–water partition coefficient (Wildman–Crippen LogP) is 0.882. The van der Waals surface area contributed by atoms with Crippen molar-refractivity contribution in [2.45, 2.75) is 25.4 Å². The largest absolute Gasteiger partial charge is 0.465 e. The molecule has 0 saturated carbocycles. The van der Waals surface area contributed by atoms with Crippen LogP contribution in [0.25, 0.3) is 0 Å². The summed E-state index contributed by atoms with van der Waals surface area (Å²) in [4.78, 5) is 2.37. The van der Waals surface area contributed by atoms with Gasteiger partial charge in [-0.2, -0.15) is 0 Å². The van der Waals surface area contributed by atoms with Gasteiger partial charge < -0.3 is 20.4 Å². The lowest BCUT2D eigenvalue weighted by molar-refractivity contribution is 0.179. The molecule has 2 heterocycles. The summed E-state index contributed by atoms with van der Waals surface area (Å²) >= 11 is 0. The van der Waals surface area contributed by atoms with Gasteiger partial charge in [-0.15, -0.1) is 0 Å². The summed E-state index contributed by atoms with van der Waals surface area (Å²) in [5.74, 6) is 1.83. The van der Waals surface area contributed by atoms with E-state index in [0.29, 0.717) is 6.04 Å². The molecule has 90 valence electrons. The van der Waals surface area contributed by atoms with Crippen molar-refractivity contribution in [3.8, 4) is 0 Å². The van der Waals surface area contributed by atoms with Crippen molar-refractivity contribution < 1.29 is 4.42 Å². The third-order valence-corrected chi connectivity index (χ3v) is 3.30. The van der Waals surface area contributed by atoms with Gasteiger partial charge in [-0.25, -0.2) is 0 Å². The Hall–Kier alpha value is -0.840. The Bertz CT molecular complexity index is 337. The molecule has 16 heavy (non-hydrogen) atoms. The number of furan rings is 1. The summed E-state index contributed by atoms with van der Waals surface area (Å²) < 4.78 is 5.56. The van der Waals surface area contributed by atoms with Crippen LogP contribution in [0.15, 0.2) is 16.5 Å². The third kappa shape index (κ3) is 2.64. The average molecular weight is 223 g/mol. The first kappa shape index (κ1) is 11.6. The minimum atomic E-state index is 0.000972. The van der Waals surface area contributed by atoms with E-state index >= 15 is 0 Å². The monoisotopic (exact) mass is 223 g/mol. The second-order valence-corrected chi connectivity index (χ2v) is 4.63. The van der Waals surface area contributed by atoms with Crippen molar-refractivity contribution in [1.82, 2.24) is 10.2 Å². The lowest BCUT2D eigenvalue weighted by Crippen LogP contribution is -2.50. The summed E-state index contributed by atoms with van der Waals surface area (Å²) in [6.45, 7) is 5.13. The predicted molar refractivity (Wildman–Crippen MR) is 64.3 cm³/mol. The van der Waals surface area contributed by atoms with E-state index in [1.807, 2.05) is 19.1 Å². The Labute approximate surface area is 96.8 Å². The maximum absolute atomic E-state index is 6.15. The molecule has 4 nitrogen and oxygen atoms in total. The minimum Gasteiger partial charge on any atom is -0.465 e. The van der Waals surface area contributed by atoms with Gasteiger partial charge in [0, 0.05) is 25.7 Å². The van der Waals surface area contributed by atoms with Crippen LogP contribution in [0.2, 0.25) is 0 Å². The summed E-state index contributed by atoms with van der Waals surface area (Å²) in [6.07, 6.45) is 0.941. The molecule has 1 saturated heterocycles. The molecule has 0 radical (unpaired) electrons. The molecule has 2 unspecified atom stereocenters. The third-order valence-electron chi connectivity index (χ3n) is 3.30. The summed E-state index contributed by atoms with van der Waals surface area (Å²) in [5.41, 5.74) is 6.15. The highest BCUT2D eigenvalue weighted by atomic mass is 16.3. The molecule has 1 fully saturated rings. The van der Waals surface area contributed by atoms with Crippen LogP contribution in [-0.2, 0) is 0 Å². The van der Waals surface area contributed by atoms with Gasteiger partial charge >= 0.3 is 0 Å². The van der Waals surface area contributed by atoms with Crippen LogP contribution in [0.1, 0.15) is 24.0 Å². The van der Waals surface area contributed by atoms with E-state index in [-0.39, 0.29) is 6.04 Å². The highest BCUT2D eigenvalue weighted by molar-refractivity contribution is 5.09. The van der Waals surface area contributed by atoms with Gasteiger partial charge in [0.1, 0.15) is 11.5 Å². The molecule has 0 amide bonds. The van der Waals surface area contributed by atoms with E-state index in [2.05, 4.69) is 17.3 Å². The molecule has 3 N–H and O–H groups in total. The standard InChI is InChI=1S/C12H21N3O/c1-9-3-4-12(16-9)11(13)7-10-8-14-5-6-15(10)2/h3-4,10-11,14H,5-8,13H2,1-2H3. The Kier molecular flexibility index (Phi) is 3.63. The molecule has 0 aromatic carbocycles. The molecule has 0 bridgehead atoms. The van der Waals surface area contributed by atoms with Crippen molar-refractivity contribution in [2.24, 2.45) is 5.73 Å². The first-order valence-electron chi connectivity index (χ1n) is 5.89. The SMILES string of the molecule is Cc1ccc(C(N)CC2CNCCN2C)o1. The summed E-state index contributed by atoms with van der Waals surface area (Å²) in [5, 5.41) is 3.40. The van der Waals surface area contributed by atoms with Crippen molar-refractivity contribution in [1.29, 1.82) is 0 Å². The smallest absolute Gasteiger partial charge is 0.120 e. The normalized spacial score (nSPS) is 24.6. The van der Waals surface area contributed by atoms with Gasteiger partial charge in [-0.1, -0.05) is 0 Å². The number of nitrogens with one attached hydrogen (secondary N) is 1. The fraction of sp³-hybridized carbons (Fsp3) is 0.667. The molecule has 1 aromatic heterocycles. The minimum absolute atomic E-state index is 0.000972. The zero-order chi connectivity index (χ0) is 11.5. The van der Waals surface area contributed by atoms with Gasteiger partial charge in [0.25, 0.3) is 0 Å². The van der Waals surface area contributed by atoms with E-state index in [1.165, 1.54) is 0 Å². The van der Waals surface area contributed by atoms with Gasteiger partial charge in [-0.3, -0.25) is 0 Å². The first-order valence-corrected chi connectivity index (χ1v) is 5.89. The number of rotatable bonds is 3. The van der Waals surface area contributed by atoms with Crippen LogP contribution in [0.5, 0.6) is 0 Å². The fourth-order valence-electron chi connectivity index (χ4n) is 2.19. The second-order valence-electron chi connectivity index (χ2n) is 4.63. The maximum atomic E-state index is 6.15. The van der Waals surface area contributed by atoms with E-state index in [1.54, 1.807) is 0 Å². The Morgan fingerprint density at radius 1 is 1.62 bits per heavy atom. The van der Waals surface area contributed by atoms with E-state index < -0.39 is 0 Å². The Balaban J connectivity index is 1.93. The van der Waals surface area contributed by atoms with Crippen LogP contribution in [0.3, 0.4) is 0 Å². The van der Waals surface area contributed by atoms with Crippen LogP contribution >= 0.6 is 0 Å². The molecule has 1 aromatic rings. The molecule has 1 aliphatic rings. The number of aryl methyl sites for hydroxylation is 1. The average Bonchev–Trinajstić information content (AvgIpc) is 2.68. The first-order chi connectivity index (χ1) is 7.66. The van der Waals surface area contributed by atoms with Gasteiger partial charge in [0.2, 0.25) is 0 Å². The molecule has 0 spiro atoms. The number of nitrogens with zero attached hydrogens (tertiary/aromatic N) is 1. The van der Waals surface area contributed by atoms with E-state index in [4.69, 9.17) is 10.2 Å². The highest BCUT2D eigenvalue weighted by Crippen LogP contribution is 2.20. The molecule has 2 atom stereocenters. The van der Waals surface area contributed by atoms with Crippen LogP contribution < -0.4 is 11.1 Å². The van der Waals surface area contributed by atoms with Gasteiger partial charge in [0.15, 0.2) is 0 Å². The number of hydrogen-bond acceptors (Lipinski definition) is 4. The molecule has 0 aliphatic carbocycles. The van der Waals surface area contributed by atoms with Gasteiger partial charge in [-0.05, 0) is 32.5 Å². The summed E-state index contributed by atoms with van der Waals surface area (Å²) in [7, 11) is 2.16. The number of nitrogens with two attached hydrogens (primary N) is 1. The van der Waals surface area contributed by atoms with Crippen molar-refractivity contribution >= 4 is 0 Å². The van der Waals surface area contributed by atoms with Crippen LogP contribution in [-0.4, -0.2) is 37.6 Å². The molecular formula is C12H21N3O. The van der Waals surface area contributed by atoms with Crippen molar-refractivity contribution in [3.63, 3.8) is 0 Å². The molecular weight excluding hydrogens is 202 g/mol. The van der Waals surface area contributed by atoms with E-state index in [0.717, 1.165) is 37.6 Å². The number of hydrogen-bond donors (Lipinski definition) is 2. The second kappa shape index (κ2) is 4.99. The topological polar surface area (TPSA) is 54.4 Å². The lowest BCUT2D eigenvalue weighted by atomic mass is 10.0. The van der Waals surface area contributed by atoms with Crippen molar-refractivity contribution in [3.05, 3.63) is 23.7 Å². The number of piperazine rings is 1. The quantitative estimate of drug-likeness (QED) is 0.799. The Morgan fingerprint density at radius 2 is 2.44 bits per heavy atom. The van der Waals surface area contributed by atoms with E-state index in [9.17, 15) is 0 Å².